The standard InChI is InChI=1S/C18H15F3N2O2S/c1-26-5-4-23-13-3-2-9(6-10(13)19)15-8-14(24)16-17(22)11(20)7-12(21)18(16)25-15/h2-3,6-8,23H,4-5,22H2,1H3. The van der Waals surface area contributed by atoms with E-state index in [1.165, 1.54) is 12.1 Å². The van der Waals surface area contributed by atoms with Crippen molar-refractivity contribution in [3.63, 3.8) is 0 Å². The third-order valence-corrected chi connectivity index (χ3v) is 4.43. The first-order valence-corrected chi connectivity index (χ1v) is 9.06. The van der Waals surface area contributed by atoms with Crippen LogP contribution in [0.25, 0.3) is 22.3 Å². The molecule has 0 aliphatic heterocycles. The van der Waals surface area contributed by atoms with Crippen LogP contribution in [0.3, 0.4) is 0 Å². The van der Waals surface area contributed by atoms with Crippen molar-refractivity contribution in [1.29, 1.82) is 0 Å². The second-order valence-corrected chi connectivity index (χ2v) is 6.53. The van der Waals surface area contributed by atoms with Gasteiger partial charge in [-0.15, -0.1) is 0 Å². The van der Waals surface area contributed by atoms with Gasteiger partial charge in [0.05, 0.1) is 16.8 Å². The van der Waals surface area contributed by atoms with Crippen molar-refractivity contribution >= 4 is 34.1 Å². The van der Waals surface area contributed by atoms with Crippen molar-refractivity contribution in [3.05, 3.63) is 58.0 Å². The zero-order chi connectivity index (χ0) is 18.8. The molecule has 1 heterocycles. The van der Waals surface area contributed by atoms with E-state index < -0.39 is 34.2 Å². The third kappa shape index (κ3) is 3.37. The van der Waals surface area contributed by atoms with Crippen molar-refractivity contribution in [1.82, 2.24) is 0 Å². The van der Waals surface area contributed by atoms with E-state index in [4.69, 9.17) is 10.2 Å². The van der Waals surface area contributed by atoms with Crippen LogP contribution < -0.4 is 16.5 Å². The summed E-state index contributed by atoms with van der Waals surface area (Å²) in [5, 5.41) is 2.58. The minimum absolute atomic E-state index is 0.0398. The zero-order valence-corrected chi connectivity index (χ0v) is 14.6. The predicted molar refractivity (Wildman–Crippen MR) is 99.1 cm³/mol. The molecule has 3 rings (SSSR count). The molecule has 2 aromatic carbocycles. The molecule has 26 heavy (non-hydrogen) atoms. The summed E-state index contributed by atoms with van der Waals surface area (Å²) in [5.74, 6) is -1.85. The van der Waals surface area contributed by atoms with Crippen LogP contribution in [0.2, 0.25) is 0 Å². The molecule has 0 bridgehead atoms. The summed E-state index contributed by atoms with van der Waals surface area (Å²) in [6.07, 6.45) is 1.95. The van der Waals surface area contributed by atoms with Crippen LogP contribution in [0.5, 0.6) is 0 Å². The molecular formula is C18H15F3N2O2S. The number of nitrogen functional groups attached to an aromatic ring is 1. The maximum Gasteiger partial charge on any atom is 0.195 e. The minimum Gasteiger partial charge on any atom is -0.453 e. The van der Waals surface area contributed by atoms with Gasteiger partial charge in [0.25, 0.3) is 0 Å². The molecule has 0 aliphatic carbocycles. The lowest BCUT2D eigenvalue weighted by molar-refractivity contribution is 0.546. The van der Waals surface area contributed by atoms with E-state index in [-0.39, 0.29) is 16.7 Å². The molecular weight excluding hydrogens is 365 g/mol. The third-order valence-electron chi connectivity index (χ3n) is 3.82. The van der Waals surface area contributed by atoms with Gasteiger partial charge in [-0.2, -0.15) is 11.8 Å². The van der Waals surface area contributed by atoms with Crippen LogP contribution >= 0.6 is 11.8 Å². The summed E-state index contributed by atoms with van der Waals surface area (Å²) < 4.78 is 47.2. The maximum absolute atomic E-state index is 14.2. The normalized spacial score (nSPS) is 11.1. The molecule has 0 saturated carbocycles. The highest BCUT2D eigenvalue weighted by Gasteiger charge is 2.17. The van der Waals surface area contributed by atoms with Crippen molar-refractivity contribution in [3.8, 4) is 11.3 Å². The van der Waals surface area contributed by atoms with E-state index in [2.05, 4.69) is 5.32 Å². The molecule has 3 aromatic rings. The second-order valence-electron chi connectivity index (χ2n) is 5.55. The van der Waals surface area contributed by atoms with E-state index in [1.807, 2.05) is 6.26 Å². The Hall–Kier alpha value is -2.61. The van der Waals surface area contributed by atoms with Crippen LogP contribution in [-0.2, 0) is 0 Å². The highest BCUT2D eigenvalue weighted by atomic mass is 32.2. The number of anilines is 2. The van der Waals surface area contributed by atoms with Gasteiger partial charge in [-0.1, -0.05) is 0 Å². The predicted octanol–water partition coefficient (Wildman–Crippen LogP) is 4.23. The zero-order valence-electron chi connectivity index (χ0n) is 13.7. The molecule has 0 spiro atoms. The molecule has 0 radical (unpaired) electrons. The molecule has 1 aromatic heterocycles. The van der Waals surface area contributed by atoms with Gasteiger partial charge in [0.1, 0.15) is 17.4 Å². The number of benzene rings is 2. The van der Waals surface area contributed by atoms with E-state index in [9.17, 15) is 18.0 Å². The van der Waals surface area contributed by atoms with Gasteiger partial charge in [0.2, 0.25) is 0 Å². The molecule has 0 aliphatic rings. The van der Waals surface area contributed by atoms with Gasteiger partial charge in [0.15, 0.2) is 16.8 Å². The second kappa shape index (κ2) is 7.33. The lowest BCUT2D eigenvalue weighted by Gasteiger charge is -2.09. The number of nitrogens with two attached hydrogens (primary N) is 1. The van der Waals surface area contributed by atoms with Crippen LogP contribution in [0.1, 0.15) is 0 Å². The summed E-state index contributed by atoms with van der Waals surface area (Å²) in [6.45, 7) is 0.596. The number of nitrogens with one attached hydrogen (secondary N) is 1. The Morgan fingerprint density at radius 2 is 1.88 bits per heavy atom. The molecule has 0 amide bonds. The fourth-order valence-corrected chi connectivity index (χ4v) is 2.84. The molecule has 0 atom stereocenters. The largest absolute Gasteiger partial charge is 0.453 e. The summed E-state index contributed by atoms with van der Waals surface area (Å²) >= 11 is 1.63. The number of hydrogen-bond donors (Lipinski definition) is 2. The van der Waals surface area contributed by atoms with Crippen LogP contribution in [0.4, 0.5) is 24.5 Å². The maximum atomic E-state index is 14.2. The van der Waals surface area contributed by atoms with Crippen molar-refractivity contribution in [2.75, 3.05) is 29.6 Å². The Balaban J connectivity index is 2.06. The lowest BCUT2D eigenvalue weighted by Crippen LogP contribution is -2.07. The first-order valence-electron chi connectivity index (χ1n) is 7.66. The van der Waals surface area contributed by atoms with E-state index in [0.717, 1.165) is 11.8 Å². The Morgan fingerprint density at radius 1 is 1.12 bits per heavy atom. The number of halogens is 3. The van der Waals surface area contributed by atoms with Gasteiger partial charge in [-0.25, -0.2) is 13.2 Å². The van der Waals surface area contributed by atoms with Crippen LogP contribution in [-0.4, -0.2) is 18.6 Å². The lowest BCUT2D eigenvalue weighted by atomic mass is 10.1. The molecule has 3 N–H and O–H groups in total. The number of thioether (sulfide) groups is 1. The molecule has 136 valence electrons. The van der Waals surface area contributed by atoms with Gasteiger partial charge in [-0.05, 0) is 24.5 Å². The van der Waals surface area contributed by atoms with Crippen LogP contribution in [0, 0.1) is 17.5 Å². The van der Waals surface area contributed by atoms with E-state index in [0.29, 0.717) is 18.3 Å². The molecule has 0 unspecified atom stereocenters. The fourth-order valence-electron chi connectivity index (χ4n) is 2.53. The van der Waals surface area contributed by atoms with Gasteiger partial charge < -0.3 is 15.5 Å². The highest BCUT2D eigenvalue weighted by molar-refractivity contribution is 7.98. The molecule has 0 fully saturated rings. The average Bonchev–Trinajstić information content (AvgIpc) is 2.60. The Morgan fingerprint density at radius 3 is 2.58 bits per heavy atom. The van der Waals surface area contributed by atoms with Gasteiger partial charge >= 0.3 is 0 Å². The Labute approximate surface area is 151 Å². The monoisotopic (exact) mass is 380 g/mol. The van der Waals surface area contributed by atoms with E-state index in [1.54, 1.807) is 17.8 Å². The van der Waals surface area contributed by atoms with Crippen molar-refractivity contribution in [2.24, 2.45) is 0 Å². The van der Waals surface area contributed by atoms with Gasteiger partial charge in [-0.3, -0.25) is 4.79 Å². The summed E-state index contributed by atoms with van der Waals surface area (Å²) in [6, 6.07) is 5.80. The van der Waals surface area contributed by atoms with E-state index >= 15 is 0 Å². The smallest absolute Gasteiger partial charge is 0.195 e. The molecule has 4 nitrogen and oxygen atoms in total. The fraction of sp³-hybridized carbons (Fsp3) is 0.167. The van der Waals surface area contributed by atoms with Crippen LogP contribution in [0.15, 0.2) is 39.5 Å². The molecule has 0 saturated heterocycles. The minimum atomic E-state index is -1.05. The molecule has 8 heteroatoms. The SMILES string of the molecule is CSCCNc1ccc(-c2cc(=O)c3c(N)c(F)cc(F)c3o2)cc1F. The quantitative estimate of drug-likeness (QED) is 0.512. The summed E-state index contributed by atoms with van der Waals surface area (Å²) in [4.78, 5) is 12.2. The topological polar surface area (TPSA) is 68.3 Å². The van der Waals surface area contributed by atoms with Crippen molar-refractivity contribution < 1.29 is 17.6 Å². The number of rotatable bonds is 5. The van der Waals surface area contributed by atoms with Gasteiger partial charge in [0, 0.05) is 30.0 Å². The summed E-state index contributed by atoms with van der Waals surface area (Å²) in [7, 11) is 0. The average molecular weight is 380 g/mol. The first kappa shape index (κ1) is 18.2. The Bertz CT molecular complexity index is 1040. The van der Waals surface area contributed by atoms with Crippen molar-refractivity contribution in [2.45, 2.75) is 0 Å². The number of fused-ring (bicyclic) bond motifs is 1. The Kier molecular flexibility index (Phi) is 5.13. The number of hydrogen-bond acceptors (Lipinski definition) is 5. The summed E-state index contributed by atoms with van der Waals surface area (Å²) in [5.41, 5.74) is 4.41. The first-order chi connectivity index (χ1) is 12.4. The highest BCUT2D eigenvalue weighted by Crippen LogP contribution is 2.30.